The maximum Gasteiger partial charge on any atom is 0.159 e. The van der Waals surface area contributed by atoms with E-state index < -0.39 is 0 Å². The fraction of sp³-hybridized carbons (Fsp3) is 0.500. The van der Waals surface area contributed by atoms with Gasteiger partial charge in [0.15, 0.2) is 5.78 Å². The molecule has 2 rings (SSSR count). The maximum atomic E-state index is 11.1. The lowest BCUT2D eigenvalue weighted by molar-refractivity contribution is 0.101. The number of nitrogens with one attached hydrogen (secondary N) is 2. The Morgan fingerprint density at radius 3 is 2.53 bits per heavy atom. The average Bonchev–Trinajstić information content (AvgIpc) is 2.38. The van der Waals surface area contributed by atoms with Crippen molar-refractivity contribution >= 4 is 11.5 Å². The lowest BCUT2D eigenvalue weighted by atomic mass is 9.98. The van der Waals surface area contributed by atoms with Crippen molar-refractivity contribution in [3.63, 3.8) is 0 Å². The predicted octanol–water partition coefficient (Wildman–Crippen LogP) is 2.30. The number of carbonyl (C=O) groups is 1. The molecule has 0 radical (unpaired) electrons. The number of anilines is 1. The van der Waals surface area contributed by atoms with Crippen LogP contribution >= 0.6 is 0 Å². The molecule has 1 saturated heterocycles. The van der Waals surface area contributed by atoms with Gasteiger partial charge in [-0.15, -0.1) is 0 Å². The zero-order valence-corrected chi connectivity index (χ0v) is 10.3. The number of carbonyl (C=O) groups excluding carboxylic acids is 1. The van der Waals surface area contributed by atoms with Gasteiger partial charge in [0.2, 0.25) is 0 Å². The molecule has 0 saturated carbocycles. The SMILES string of the molecule is CC(=O)c1ccc(NCC2CCNCC2)cc1. The second-order valence-corrected chi connectivity index (χ2v) is 4.71. The summed E-state index contributed by atoms with van der Waals surface area (Å²) in [6.45, 7) is 4.89. The Morgan fingerprint density at radius 2 is 1.94 bits per heavy atom. The largest absolute Gasteiger partial charge is 0.385 e. The number of benzene rings is 1. The fourth-order valence-corrected chi connectivity index (χ4v) is 2.17. The van der Waals surface area contributed by atoms with Crippen molar-refractivity contribution in [3.05, 3.63) is 29.8 Å². The number of ketones is 1. The zero-order valence-electron chi connectivity index (χ0n) is 10.3. The molecule has 0 amide bonds. The highest BCUT2D eigenvalue weighted by Crippen LogP contribution is 2.15. The van der Waals surface area contributed by atoms with Crippen molar-refractivity contribution < 1.29 is 4.79 Å². The number of hydrogen-bond acceptors (Lipinski definition) is 3. The summed E-state index contributed by atoms with van der Waals surface area (Å²) in [5.74, 6) is 0.888. The Balaban J connectivity index is 1.84. The van der Waals surface area contributed by atoms with Crippen molar-refractivity contribution in [1.29, 1.82) is 0 Å². The molecule has 0 unspecified atom stereocenters. The highest BCUT2D eigenvalue weighted by molar-refractivity contribution is 5.94. The summed E-state index contributed by atoms with van der Waals surface area (Å²) in [4.78, 5) is 11.1. The summed E-state index contributed by atoms with van der Waals surface area (Å²) in [5.41, 5.74) is 1.88. The third-order valence-electron chi connectivity index (χ3n) is 3.35. The van der Waals surface area contributed by atoms with E-state index in [-0.39, 0.29) is 5.78 Å². The van der Waals surface area contributed by atoms with Crippen LogP contribution in [0.15, 0.2) is 24.3 Å². The van der Waals surface area contributed by atoms with Crippen molar-refractivity contribution in [3.8, 4) is 0 Å². The molecule has 3 nitrogen and oxygen atoms in total. The van der Waals surface area contributed by atoms with E-state index in [1.54, 1.807) is 6.92 Å². The van der Waals surface area contributed by atoms with E-state index in [1.165, 1.54) is 12.8 Å². The Hall–Kier alpha value is -1.35. The van der Waals surface area contributed by atoms with E-state index in [1.807, 2.05) is 24.3 Å². The molecule has 1 aliphatic heterocycles. The van der Waals surface area contributed by atoms with Crippen LogP contribution in [0.5, 0.6) is 0 Å². The van der Waals surface area contributed by atoms with Crippen molar-refractivity contribution in [2.45, 2.75) is 19.8 Å². The highest BCUT2D eigenvalue weighted by atomic mass is 16.1. The van der Waals surface area contributed by atoms with Crippen LogP contribution in [0.4, 0.5) is 5.69 Å². The van der Waals surface area contributed by atoms with Gasteiger partial charge in [0, 0.05) is 17.8 Å². The first-order valence-electron chi connectivity index (χ1n) is 6.31. The van der Waals surface area contributed by atoms with E-state index in [0.29, 0.717) is 0 Å². The minimum Gasteiger partial charge on any atom is -0.385 e. The first-order chi connectivity index (χ1) is 8.25. The summed E-state index contributed by atoms with van der Waals surface area (Å²) in [5, 5.41) is 6.81. The molecule has 2 N–H and O–H groups in total. The maximum absolute atomic E-state index is 11.1. The van der Waals surface area contributed by atoms with Crippen molar-refractivity contribution in [2.75, 3.05) is 25.0 Å². The number of rotatable bonds is 4. The van der Waals surface area contributed by atoms with Gasteiger partial charge in [0.1, 0.15) is 0 Å². The quantitative estimate of drug-likeness (QED) is 0.783. The van der Waals surface area contributed by atoms with Crippen LogP contribution in [0, 0.1) is 5.92 Å². The van der Waals surface area contributed by atoms with Gasteiger partial charge in [-0.05, 0) is 63.0 Å². The van der Waals surface area contributed by atoms with Gasteiger partial charge in [-0.25, -0.2) is 0 Å². The molecule has 1 heterocycles. The van der Waals surface area contributed by atoms with E-state index >= 15 is 0 Å². The molecule has 0 spiro atoms. The van der Waals surface area contributed by atoms with E-state index in [9.17, 15) is 4.79 Å². The van der Waals surface area contributed by atoms with Crippen molar-refractivity contribution in [1.82, 2.24) is 5.32 Å². The third-order valence-corrected chi connectivity index (χ3v) is 3.35. The van der Waals surface area contributed by atoms with Crippen LogP contribution < -0.4 is 10.6 Å². The average molecular weight is 232 g/mol. The van der Waals surface area contributed by atoms with E-state index in [2.05, 4.69) is 10.6 Å². The van der Waals surface area contributed by atoms with Crippen LogP contribution in [0.1, 0.15) is 30.1 Å². The van der Waals surface area contributed by atoms with Gasteiger partial charge in [-0.1, -0.05) is 0 Å². The molecule has 92 valence electrons. The van der Waals surface area contributed by atoms with Gasteiger partial charge in [0.25, 0.3) is 0 Å². The zero-order chi connectivity index (χ0) is 12.1. The smallest absolute Gasteiger partial charge is 0.159 e. The van der Waals surface area contributed by atoms with Crippen LogP contribution in [-0.4, -0.2) is 25.4 Å². The molecule has 3 heteroatoms. The molecule has 0 aliphatic carbocycles. The number of Topliss-reactive ketones (excluding diaryl/α,β-unsaturated/α-hetero) is 1. The third kappa shape index (κ3) is 3.56. The van der Waals surface area contributed by atoms with Gasteiger partial charge in [-0.3, -0.25) is 4.79 Å². The highest BCUT2D eigenvalue weighted by Gasteiger charge is 2.12. The van der Waals surface area contributed by atoms with Crippen LogP contribution in [0.2, 0.25) is 0 Å². The molecule has 1 aliphatic rings. The Kier molecular flexibility index (Phi) is 4.15. The second-order valence-electron chi connectivity index (χ2n) is 4.71. The second kappa shape index (κ2) is 5.82. The van der Waals surface area contributed by atoms with Crippen LogP contribution in [-0.2, 0) is 0 Å². The van der Waals surface area contributed by atoms with Gasteiger partial charge in [-0.2, -0.15) is 0 Å². The summed E-state index contributed by atoms with van der Waals surface area (Å²) in [6, 6.07) is 7.73. The topological polar surface area (TPSA) is 41.1 Å². The molecule has 1 fully saturated rings. The monoisotopic (exact) mass is 232 g/mol. The number of piperidine rings is 1. The van der Waals surface area contributed by atoms with Gasteiger partial charge >= 0.3 is 0 Å². The lowest BCUT2D eigenvalue weighted by Crippen LogP contribution is -2.31. The Bertz CT molecular complexity index is 366. The Labute approximate surface area is 103 Å². The molecule has 0 aromatic heterocycles. The summed E-state index contributed by atoms with van der Waals surface area (Å²) in [7, 11) is 0. The molecular formula is C14H20N2O. The summed E-state index contributed by atoms with van der Waals surface area (Å²) < 4.78 is 0. The minimum absolute atomic E-state index is 0.120. The van der Waals surface area contributed by atoms with Gasteiger partial charge in [0.05, 0.1) is 0 Å². The van der Waals surface area contributed by atoms with Gasteiger partial charge < -0.3 is 10.6 Å². The first kappa shape index (κ1) is 12.1. The van der Waals surface area contributed by atoms with Crippen LogP contribution in [0.25, 0.3) is 0 Å². The lowest BCUT2D eigenvalue weighted by Gasteiger charge is -2.23. The normalized spacial score (nSPS) is 16.8. The first-order valence-corrected chi connectivity index (χ1v) is 6.31. The predicted molar refractivity (Wildman–Crippen MR) is 70.5 cm³/mol. The van der Waals surface area contributed by atoms with E-state index in [4.69, 9.17) is 0 Å². The molecule has 0 bridgehead atoms. The summed E-state index contributed by atoms with van der Waals surface area (Å²) in [6.07, 6.45) is 2.50. The molecule has 1 aromatic rings. The van der Waals surface area contributed by atoms with E-state index in [0.717, 1.165) is 36.8 Å². The number of hydrogen-bond donors (Lipinski definition) is 2. The molecule has 1 aromatic carbocycles. The minimum atomic E-state index is 0.120. The Morgan fingerprint density at radius 1 is 1.29 bits per heavy atom. The standard InChI is InChI=1S/C14H20N2O/c1-11(17)13-2-4-14(5-3-13)16-10-12-6-8-15-9-7-12/h2-5,12,15-16H,6-10H2,1H3. The molecular weight excluding hydrogens is 212 g/mol. The fourth-order valence-electron chi connectivity index (χ4n) is 2.17. The van der Waals surface area contributed by atoms with Crippen molar-refractivity contribution in [2.24, 2.45) is 5.92 Å². The van der Waals surface area contributed by atoms with Crippen LogP contribution in [0.3, 0.4) is 0 Å². The molecule has 17 heavy (non-hydrogen) atoms. The molecule has 0 atom stereocenters. The summed E-state index contributed by atoms with van der Waals surface area (Å²) >= 11 is 0.